The van der Waals surface area contributed by atoms with E-state index in [1.807, 2.05) is 14.1 Å². The highest BCUT2D eigenvalue weighted by Gasteiger charge is 2.28. The lowest BCUT2D eigenvalue weighted by molar-refractivity contribution is -0.893. The fourth-order valence-corrected chi connectivity index (χ4v) is 3.34. The number of nitrogens with zero attached hydrogens (tertiary/aromatic N) is 1. The maximum absolute atomic E-state index is 13.0. The van der Waals surface area contributed by atoms with Crippen LogP contribution in [0.15, 0.2) is 48.6 Å². The van der Waals surface area contributed by atoms with Gasteiger partial charge in [-0.3, -0.25) is 4.79 Å². The number of halogens is 1. The molecule has 2 aromatic carbocycles. The molecule has 188 valence electrons. The van der Waals surface area contributed by atoms with E-state index in [4.69, 9.17) is 14.9 Å². The number of ether oxygens (including phenoxy) is 1. The van der Waals surface area contributed by atoms with Crippen molar-refractivity contribution in [1.82, 2.24) is 0 Å². The van der Waals surface area contributed by atoms with Crippen molar-refractivity contribution >= 4 is 23.5 Å². The van der Waals surface area contributed by atoms with Crippen molar-refractivity contribution < 1.29 is 48.4 Å². The first kappa shape index (κ1) is 27.3. The largest absolute Gasteiger partial charge is 0.508 e. The number of aliphatic carboxylic acids is 2. The Hall–Kier alpha value is -3.96. The molecular weight excluding hydrogens is 463 g/mol. The van der Waals surface area contributed by atoms with Crippen LogP contribution in [-0.4, -0.2) is 76.5 Å². The summed E-state index contributed by atoms with van der Waals surface area (Å²) in [6.45, 7) is 0.996. The number of aliphatic hydroxyl groups is 1. The van der Waals surface area contributed by atoms with Gasteiger partial charge < -0.3 is 35.0 Å². The Bertz CT molecular complexity index is 1080. The number of hydrogen-bond acceptors (Lipinski definition) is 6. The molecule has 0 aliphatic carbocycles. The number of likely N-dealkylation sites (N-methyl/N-ethyl adjacent to an activating group) is 1. The van der Waals surface area contributed by atoms with Crippen LogP contribution in [0.25, 0.3) is 0 Å². The lowest BCUT2D eigenvalue weighted by atomic mass is 10.0. The number of amides is 1. The second-order valence-electron chi connectivity index (χ2n) is 8.49. The molecule has 1 amide bonds. The molecule has 0 bridgehead atoms. The molecule has 2 aromatic rings. The number of carbonyl (C=O) groups excluding carboxylic acids is 1. The third-order valence-corrected chi connectivity index (χ3v) is 5.04. The summed E-state index contributed by atoms with van der Waals surface area (Å²) in [6, 6.07) is 9.25. The van der Waals surface area contributed by atoms with Gasteiger partial charge in [0.15, 0.2) is 6.61 Å². The van der Waals surface area contributed by atoms with Gasteiger partial charge in [0.05, 0.1) is 26.3 Å². The van der Waals surface area contributed by atoms with Gasteiger partial charge in [0.2, 0.25) is 0 Å². The van der Waals surface area contributed by atoms with Crippen molar-refractivity contribution in [2.45, 2.75) is 12.5 Å². The number of carboxylic acids is 2. The molecule has 1 atom stereocenters. The Morgan fingerprint density at radius 3 is 2.31 bits per heavy atom. The molecule has 5 N–H and O–H groups in total. The van der Waals surface area contributed by atoms with Crippen LogP contribution < -0.4 is 10.1 Å². The highest BCUT2D eigenvalue weighted by Crippen LogP contribution is 2.39. The van der Waals surface area contributed by atoms with E-state index in [1.165, 1.54) is 24.3 Å². The Morgan fingerprint density at radius 2 is 1.74 bits per heavy atom. The number of aromatic hydroxyl groups is 1. The van der Waals surface area contributed by atoms with Gasteiger partial charge in [-0.25, -0.2) is 14.0 Å². The number of hydrogen-bond donors (Lipinski definition) is 5. The fourth-order valence-electron chi connectivity index (χ4n) is 3.34. The van der Waals surface area contributed by atoms with E-state index in [-0.39, 0.29) is 24.1 Å². The summed E-state index contributed by atoms with van der Waals surface area (Å²) in [4.78, 5) is 30.6. The zero-order chi connectivity index (χ0) is 26.2. The van der Waals surface area contributed by atoms with Crippen LogP contribution >= 0.6 is 0 Å². The zero-order valence-corrected chi connectivity index (χ0v) is 19.3. The summed E-state index contributed by atoms with van der Waals surface area (Å²) in [5.74, 6) is -2.74. The van der Waals surface area contributed by atoms with Crippen molar-refractivity contribution in [3.8, 4) is 11.5 Å². The quantitative estimate of drug-likeness (QED) is 0.277. The second-order valence-corrected chi connectivity index (χ2v) is 8.49. The number of carboxylic acid groups (broad SMARTS) is 2. The monoisotopic (exact) mass is 491 g/mol. The molecule has 0 radical (unpaired) electrons. The number of benzene rings is 2. The highest BCUT2D eigenvalue weighted by atomic mass is 19.1. The van der Waals surface area contributed by atoms with Crippen LogP contribution in [0.1, 0.15) is 17.2 Å². The molecule has 0 unspecified atom stereocenters. The van der Waals surface area contributed by atoms with Gasteiger partial charge in [0.25, 0.3) is 5.91 Å². The average Bonchev–Trinajstić information content (AvgIpc) is 2.76. The van der Waals surface area contributed by atoms with Crippen LogP contribution in [-0.2, 0) is 20.8 Å². The number of aliphatic hydroxyl groups excluding tert-OH is 1. The molecule has 0 saturated carbocycles. The van der Waals surface area contributed by atoms with Gasteiger partial charge in [-0.2, -0.15) is 0 Å². The molecule has 0 aromatic heterocycles. The maximum atomic E-state index is 13.0. The Kier molecular flexibility index (Phi) is 9.32. The third-order valence-electron chi connectivity index (χ3n) is 5.04. The predicted molar refractivity (Wildman–Crippen MR) is 124 cm³/mol. The smallest absolute Gasteiger partial charge is 0.328 e. The van der Waals surface area contributed by atoms with Crippen LogP contribution in [0.4, 0.5) is 10.1 Å². The van der Waals surface area contributed by atoms with Crippen molar-refractivity contribution in [1.29, 1.82) is 0 Å². The van der Waals surface area contributed by atoms with Gasteiger partial charge in [-0.05, 0) is 23.8 Å². The molecule has 10 nitrogen and oxygen atoms in total. The molecule has 0 saturated heterocycles. The first-order valence-electron chi connectivity index (χ1n) is 10.5. The molecule has 1 heterocycles. The van der Waals surface area contributed by atoms with E-state index >= 15 is 0 Å². The standard InChI is InChI=1S/C20H23FN2O4.C4H4O4/c1-23(2,8-7-13-3-5-14(21)6-4-13)11-18(25)16-9-15(24)10-17-20(16)27-12-19(26)22-17;5-3(6)1-2-4(7)8/h3-6,9-10,18,25H,7-8,11-12H2,1-2H3,(H-,22,24,26);1-2H,(H,5,6)(H,7,8)/p+1/b;2-1+/t18-;/m0./s1. The second kappa shape index (κ2) is 12.0. The minimum absolute atomic E-state index is 0.0507. The van der Waals surface area contributed by atoms with Crippen LogP contribution in [0.5, 0.6) is 11.5 Å². The Labute approximate surface area is 201 Å². The van der Waals surface area contributed by atoms with E-state index in [9.17, 15) is 29.0 Å². The summed E-state index contributed by atoms with van der Waals surface area (Å²) < 4.78 is 19.0. The Balaban J connectivity index is 0.000000466. The zero-order valence-electron chi connectivity index (χ0n) is 19.3. The molecule has 0 fully saturated rings. The summed E-state index contributed by atoms with van der Waals surface area (Å²) in [7, 11) is 3.98. The van der Waals surface area contributed by atoms with E-state index in [0.717, 1.165) is 18.5 Å². The number of nitrogens with one attached hydrogen (secondary N) is 1. The minimum Gasteiger partial charge on any atom is -0.508 e. The Morgan fingerprint density at radius 1 is 1.14 bits per heavy atom. The van der Waals surface area contributed by atoms with Crippen LogP contribution in [0.3, 0.4) is 0 Å². The van der Waals surface area contributed by atoms with Crippen LogP contribution in [0, 0.1) is 5.82 Å². The highest BCUT2D eigenvalue weighted by molar-refractivity contribution is 5.96. The number of quaternary nitrogens is 1. The number of phenols is 1. The first-order valence-corrected chi connectivity index (χ1v) is 10.5. The molecule has 0 spiro atoms. The molecule has 1 aliphatic rings. The summed E-state index contributed by atoms with van der Waals surface area (Å²) >= 11 is 0. The topological polar surface area (TPSA) is 153 Å². The number of fused-ring (bicyclic) bond motifs is 1. The van der Waals surface area contributed by atoms with Crippen molar-refractivity contribution in [2.24, 2.45) is 0 Å². The van der Waals surface area contributed by atoms with Gasteiger partial charge in [-0.1, -0.05) is 12.1 Å². The van der Waals surface area contributed by atoms with E-state index in [1.54, 1.807) is 12.1 Å². The molecule has 3 rings (SSSR count). The van der Waals surface area contributed by atoms with Crippen LogP contribution in [0.2, 0.25) is 0 Å². The molecule has 35 heavy (non-hydrogen) atoms. The van der Waals surface area contributed by atoms with E-state index < -0.39 is 18.0 Å². The number of phenolic OH excluding ortho intramolecular Hbond substituents is 1. The summed E-state index contributed by atoms with van der Waals surface area (Å²) in [6.07, 6.45) is 0.971. The first-order chi connectivity index (χ1) is 16.4. The number of anilines is 1. The van der Waals surface area contributed by atoms with E-state index in [0.29, 0.717) is 40.2 Å². The lowest BCUT2D eigenvalue weighted by Crippen LogP contribution is -2.44. The summed E-state index contributed by atoms with van der Waals surface area (Å²) in [5.41, 5.74) is 1.83. The van der Waals surface area contributed by atoms with E-state index in [2.05, 4.69) is 5.32 Å². The third kappa shape index (κ3) is 9.07. The molecular formula is C24H28FN2O8+. The average molecular weight is 491 g/mol. The lowest BCUT2D eigenvalue weighted by Gasteiger charge is -2.33. The SMILES string of the molecule is C[N+](C)(CCc1ccc(F)cc1)C[C@H](O)c1cc(O)cc2c1OCC(=O)N2.O=C(O)/C=C/C(=O)O. The minimum atomic E-state index is -1.26. The van der Waals surface area contributed by atoms with Gasteiger partial charge in [0.1, 0.15) is 30.0 Å². The molecule has 1 aliphatic heterocycles. The predicted octanol–water partition coefficient (Wildman–Crippen LogP) is 1.93. The normalized spacial score (nSPS) is 13.7. The summed E-state index contributed by atoms with van der Waals surface area (Å²) in [5, 5.41) is 39.0. The van der Waals surface area contributed by atoms with Crippen molar-refractivity contribution in [3.05, 3.63) is 65.5 Å². The van der Waals surface area contributed by atoms with Crippen molar-refractivity contribution in [2.75, 3.05) is 39.1 Å². The van der Waals surface area contributed by atoms with Gasteiger partial charge in [0, 0.05) is 30.2 Å². The van der Waals surface area contributed by atoms with Gasteiger partial charge in [-0.15, -0.1) is 0 Å². The number of rotatable bonds is 8. The molecule has 11 heteroatoms. The fraction of sp³-hybridized carbons (Fsp3) is 0.292. The maximum Gasteiger partial charge on any atom is 0.328 e. The number of carbonyl (C=O) groups is 3. The van der Waals surface area contributed by atoms with Crippen molar-refractivity contribution in [3.63, 3.8) is 0 Å². The van der Waals surface area contributed by atoms with Gasteiger partial charge >= 0.3 is 11.9 Å².